The van der Waals surface area contributed by atoms with Gasteiger partial charge in [-0.1, -0.05) is 41.3 Å². The van der Waals surface area contributed by atoms with E-state index in [1.54, 1.807) is 14.2 Å². The van der Waals surface area contributed by atoms with Gasteiger partial charge in [-0.2, -0.15) is 0 Å². The minimum Gasteiger partial charge on any atom is -0.493 e. The van der Waals surface area contributed by atoms with Gasteiger partial charge in [0.25, 0.3) is 0 Å². The summed E-state index contributed by atoms with van der Waals surface area (Å²) in [5.74, 6) is 2.65. The van der Waals surface area contributed by atoms with Gasteiger partial charge in [0.05, 0.1) is 36.7 Å². The zero-order chi connectivity index (χ0) is 22.8. The molecule has 0 saturated heterocycles. The second-order valence-corrected chi connectivity index (χ2v) is 9.07. The van der Waals surface area contributed by atoms with Gasteiger partial charge in [0.15, 0.2) is 15.8 Å². The molecule has 0 radical (unpaired) electrons. The fraction of sp³-hybridized carbons (Fsp3) is 0.136. The lowest BCUT2D eigenvalue weighted by atomic mass is 10.0. The number of benzene rings is 2. The van der Waals surface area contributed by atoms with Crippen LogP contribution in [0.2, 0.25) is 0 Å². The van der Waals surface area contributed by atoms with Crippen LogP contribution in [0.1, 0.15) is 5.89 Å². The molecule has 0 amide bonds. The summed E-state index contributed by atoms with van der Waals surface area (Å²) in [5.41, 5.74) is 8.89. The molecule has 0 saturated carbocycles. The molecule has 3 heterocycles. The number of fused-ring (bicyclic) bond motifs is 1. The summed E-state index contributed by atoms with van der Waals surface area (Å²) in [6.07, 6.45) is 0. The van der Waals surface area contributed by atoms with Crippen LogP contribution >= 0.6 is 23.1 Å². The fourth-order valence-electron chi connectivity index (χ4n) is 3.32. The third-order valence-corrected chi connectivity index (χ3v) is 6.70. The zero-order valence-electron chi connectivity index (χ0n) is 17.7. The second-order valence-electron chi connectivity index (χ2n) is 6.84. The average Bonchev–Trinajstić information content (AvgIpc) is 3.50. The van der Waals surface area contributed by atoms with Gasteiger partial charge in [-0.05, 0) is 30.3 Å². The summed E-state index contributed by atoms with van der Waals surface area (Å²) < 4.78 is 17.5. The van der Waals surface area contributed by atoms with Crippen molar-refractivity contribution >= 4 is 39.1 Å². The second kappa shape index (κ2) is 9.04. The van der Waals surface area contributed by atoms with E-state index in [1.807, 2.05) is 48.5 Å². The number of aromatic nitrogens is 5. The zero-order valence-corrected chi connectivity index (χ0v) is 19.3. The van der Waals surface area contributed by atoms with Gasteiger partial charge in [0, 0.05) is 10.9 Å². The first-order chi connectivity index (χ1) is 16.1. The largest absolute Gasteiger partial charge is 0.493 e. The van der Waals surface area contributed by atoms with Crippen LogP contribution in [0.5, 0.6) is 11.5 Å². The van der Waals surface area contributed by atoms with Crippen molar-refractivity contribution in [2.24, 2.45) is 0 Å². The van der Waals surface area contributed by atoms with Crippen LogP contribution in [0.15, 0.2) is 57.3 Å². The van der Waals surface area contributed by atoms with Crippen LogP contribution in [-0.4, -0.2) is 39.6 Å². The first kappa shape index (κ1) is 21.2. The predicted octanol–water partition coefficient (Wildman–Crippen LogP) is 4.70. The number of rotatable bonds is 7. The molecular weight excluding hydrogens is 460 g/mol. The minimum absolute atomic E-state index is 0.419. The summed E-state index contributed by atoms with van der Waals surface area (Å²) in [6, 6.07) is 15.5. The van der Waals surface area contributed by atoms with Gasteiger partial charge >= 0.3 is 0 Å². The Morgan fingerprint density at radius 1 is 0.970 bits per heavy atom. The lowest BCUT2D eigenvalue weighted by Crippen LogP contribution is -1.93. The number of pyridine rings is 1. The Hall–Kier alpha value is -3.70. The Morgan fingerprint density at radius 2 is 1.82 bits per heavy atom. The molecule has 5 aromatic rings. The van der Waals surface area contributed by atoms with E-state index >= 15 is 0 Å². The van der Waals surface area contributed by atoms with Crippen LogP contribution in [-0.2, 0) is 5.75 Å². The van der Waals surface area contributed by atoms with Gasteiger partial charge in [-0.15, -0.1) is 20.4 Å². The summed E-state index contributed by atoms with van der Waals surface area (Å²) in [4.78, 5) is 4.83. The number of thioether (sulfide) groups is 1. The van der Waals surface area contributed by atoms with E-state index in [1.165, 1.54) is 23.1 Å². The molecule has 0 atom stereocenters. The third kappa shape index (κ3) is 4.32. The monoisotopic (exact) mass is 478 g/mol. The van der Waals surface area contributed by atoms with Gasteiger partial charge in [-0.3, -0.25) is 0 Å². The van der Waals surface area contributed by atoms with Gasteiger partial charge in [-0.25, -0.2) is 4.98 Å². The van der Waals surface area contributed by atoms with Crippen LogP contribution in [0.3, 0.4) is 0 Å². The number of methoxy groups -OCH3 is 2. The highest BCUT2D eigenvalue weighted by molar-refractivity contribution is 8.00. The Balaban J connectivity index is 1.52. The first-order valence-corrected chi connectivity index (χ1v) is 11.6. The highest BCUT2D eigenvalue weighted by atomic mass is 32.2. The van der Waals surface area contributed by atoms with Crippen LogP contribution in [0.4, 0.5) is 5.13 Å². The van der Waals surface area contributed by atoms with Gasteiger partial charge in [0.2, 0.25) is 16.9 Å². The maximum atomic E-state index is 5.99. The molecule has 33 heavy (non-hydrogen) atoms. The fourth-order valence-corrected chi connectivity index (χ4v) is 4.79. The molecule has 0 unspecified atom stereocenters. The third-order valence-electron chi connectivity index (χ3n) is 4.83. The number of anilines is 1. The van der Waals surface area contributed by atoms with Crippen molar-refractivity contribution in [1.82, 2.24) is 25.4 Å². The molecule has 0 fully saturated rings. The molecule has 9 nitrogen and oxygen atoms in total. The highest BCUT2D eigenvalue weighted by Crippen LogP contribution is 2.36. The standard InChI is InChI=1S/C22H18N6O3S2/c1-29-17-8-7-12(9-18(17)30-2)16-10-14(13-5-3-4-6-15(13)24-16)20-26-25-19(31-20)11-32-22-28-27-21(23)33-22/h3-10H,11H2,1-2H3,(H2,23,27). The van der Waals surface area contributed by atoms with Crippen molar-refractivity contribution in [1.29, 1.82) is 0 Å². The Labute approximate surface area is 197 Å². The van der Waals surface area contributed by atoms with E-state index in [2.05, 4.69) is 20.4 Å². The number of hydrogen-bond acceptors (Lipinski definition) is 11. The summed E-state index contributed by atoms with van der Waals surface area (Å²) >= 11 is 2.76. The Kier molecular flexibility index (Phi) is 5.80. The van der Waals surface area contributed by atoms with Crippen molar-refractivity contribution in [2.45, 2.75) is 10.1 Å². The van der Waals surface area contributed by atoms with Crippen molar-refractivity contribution < 1.29 is 13.9 Å². The molecule has 11 heteroatoms. The van der Waals surface area contributed by atoms with Crippen molar-refractivity contribution in [3.8, 4) is 34.2 Å². The summed E-state index contributed by atoms with van der Waals surface area (Å²) in [5, 5.41) is 17.6. The molecule has 166 valence electrons. The number of nitrogens with two attached hydrogens (primary N) is 1. The normalized spacial score (nSPS) is 11.1. The van der Waals surface area contributed by atoms with E-state index < -0.39 is 0 Å². The van der Waals surface area contributed by atoms with Crippen LogP contribution in [0.25, 0.3) is 33.6 Å². The highest BCUT2D eigenvalue weighted by Gasteiger charge is 2.17. The maximum absolute atomic E-state index is 5.99. The molecular formula is C22H18N6O3S2. The summed E-state index contributed by atoms with van der Waals surface area (Å²) in [7, 11) is 3.21. The SMILES string of the molecule is COc1ccc(-c2cc(-c3nnc(CSc4nnc(N)s4)o3)c3ccccc3n2)cc1OC. The van der Waals surface area contributed by atoms with E-state index in [-0.39, 0.29) is 0 Å². The smallest absolute Gasteiger partial charge is 0.248 e. The number of para-hydroxylation sites is 1. The van der Waals surface area contributed by atoms with Gasteiger partial charge in [0.1, 0.15) is 0 Å². The number of hydrogen-bond donors (Lipinski definition) is 1. The molecule has 0 aliphatic rings. The van der Waals surface area contributed by atoms with E-state index in [0.717, 1.165) is 32.1 Å². The lowest BCUT2D eigenvalue weighted by Gasteiger charge is -2.11. The molecule has 0 spiro atoms. The van der Waals surface area contributed by atoms with Crippen molar-refractivity contribution in [3.05, 3.63) is 54.4 Å². The summed E-state index contributed by atoms with van der Waals surface area (Å²) in [6.45, 7) is 0. The van der Waals surface area contributed by atoms with Crippen molar-refractivity contribution in [3.63, 3.8) is 0 Å². The molecule has 5 rings (SSSR count). The predicted molar refractivity (Wildman–Crippen MR) is 127 cm³/mol. The average molecular weight is 479 g/mol. The van der Waals surface area contributed by atoms with Gasteiger partial charge < -0.3 is 19.6 Å². The lowest BCUT2D eigenvalue weighted by molar-refractivity contribution is 0.355. The Bertz CT molecular complexity index is 1430. The maximum Gasteiger partial charge on any atom is 0.248 e. The first-order valence-electron chi connectivity index (χ1n) is 9.81. The topological polar surface area (TPSA) is 122 Å². The molecule has 0 aliphatic carbocycles. The van der Waals surface area contributed by atoms with Crippen LogP contribution in [0, 0.1) is 0 Å². The van der Waals surface area contributed by atoms with Crippen LogP contribution < -0.4 is 15.2 Å². The van der Waals surface area contributed by atoms with Crippen molar-refractivity contribution in [2.75, 3.05) is 20.0 Å². The number of nitrogens with zero attached hydrogens (tertiary/aromatic N) is 5. The minimum atomic E-state index is 0.419. The molecule has 2 aromatic carbocycles. The number of ether oxygens (including phenoxy) is 2. The van der Waals surface area contributed by atoms with E-state index in [0.29, 0.717) is 34.2 Å². The quantitative estimate of drug-likeness (QED) is 0.329. The molecule has 0 aliphatic heterocycles. The van der Waals surface area contributed by atoms with E-state index in [4.69, 9.17) is 24.6 Å². The Morgan fingerprint density at radius 3 is 2.61 bits per heavy atom. The number of nitrogen functional groups attached to an aromatic ring is 1. The molecule has 2 N–H and O–H groups in total. The van der Waals surface area contributed by atoms with E-state index in [9.17, 15) is 0 Å². The molecule has 0 bridgehead atoms. The molecule has 3 aromatic heterocycles.